The number of nitrogens with one attached hydrogen (secondary N) is 1. The number of pyridine rings is 1. The van der Waals surface area contributed by atoms with E-state index in [9.17, 15) is 0 Å². The minimum Gasteiger partial charge on any atom is -0.497 e. The largest absolute Gasteiger partial charge is 0.497 e. The Morgan fingerprint density at radius 3 is 2.56 bits per heavy atom. The Hall–Kier alpha value is -2.04. The van der Waals surface area contributed by atoms with E-state index in [1.54, 1.807) is 7.11 Å². The van der Waals surface area contributed by atoms with Crippen molar-refractivity contribution in [2.45, 2.75) is 26.7 Å². The molecule has 0 aliphatic heterocycles. The van der Waals surface area contributed by atoms with E-state index in [-0.39, 0.29) is 0 Å². The average Bonchev–Trinajstić information content (AvgIpc) is 2.69. The molecule has 0 radical (unpaired) electrons. The van der Waals surface area contributed by atoms with E-state index in [2.05, 4.69) is 30.1 Å². The van der Waals surface area contributed by atoms with Crippen LogP contribution < -0.4 is 10.1 Å². The Morgan fingerprint density at radius 2 is 1.81 bits per heavy atom. The van der Waals surface area contributed by atoms with Crippen LogP contribution in [-0.2, 0) is 0 Å². The zero-order chi connectivity index (χ0) is 19.2. The van der Waals surface area contributed by atoms with Crippen LogP contribution in [0.15, 0.2) is 36.4 Å². The quantitative estimate of drug-likeness (QED) is 0.385. The van der Waals surface area contributed by atoms with Gasteiger partial charge in [0.15, 0.2) is 0 Å². The third-order valence-electron chi connectivity index (χ3n) is 5.04. The number of rotatable bonds is 9. The van der Waals surface area contributed by atoms with Crippen molar-refractivity contribution in [2.75, 3.05) is 38.6 Å². The summed E-state index contributed by atoms with van der Waals surface area (Å²) in [7, 11) is 1.69. The molecule has 5 heteroatoms. The molecule has 3 aromatic rings. The van der Waals surface area contributed by atoms with Gasteiger partial charge in [0.05, 0.1) is 23.8 Å². The molecular weight excluding hydrogens is 358 g/mol. The molecule has 2 aromatic carbocycles. The monoisotopic (exact) mass is 385 g/mol. The van der Waals surface area contributed by atoms with Gasteiger partial charge in [-0.1, -0.05) is 25.4 Å². The van der Waals surface area contributed by atoms with Crippen LogP contribution in [0, 0.1) is 0 Å². The van der Waals surface area contributed by atoms with Gasteiger partial charge in [-0.05, 0) is 68.9 Å². The first-order valence-corrected chi connectivity index (χ1v) is 10.1. The van der Waals surface area contributed by atoms with Gasteiger partial charge >= 0.3 is 0 Å². The maximum absolute atomic E-state index is 6.19. The summed E-state index contributed by atoms with van der Waals surface area (Å²) in [5, 5.41) is 6.52. The van der Waals surface area contributed by atoms with E-state index in [0.29, 0.717) is 5.02 Å². The van der Waals surface area contributed by atoms with Crippen LogP contribution in [0.1, 0.15) is 26.7 Å². The van der Waals surface area contributed by atoms with Gasteiger partial charge in [0.25, 0.3) is 0 Å². The Labute approximate surface area is 166 Å². The molecule has 0 amide bonds. The van der Waals surface area contributed by atoms with E-state index in [1.807, 2.05) is 30.3 Å². The summed E-state index contributed by atoms with van der Waals surface area (Å²) in [6, 6.07) is 11.9. The smallest absolute Gasteiger partial charge is 0.119 e. The van der Waals surface area contributed by atoms with Gasteiger partial charge < -0.3 is 15.0 Å². The molecule has 0 unspecified atom stereocenters. The van der Waals surface area contributed by atoms with Crippen LogP contribution in [0.4, 0.5) is 5.69 Å². The number of benzene rings is 2. The molecule has 0 spiro atoms. The minimum absolute atomic E-state index is 0.702. The summed E-state index contributed by atoms with van der Waals surface area (Å²) in [4.78, 5) is 7.24. The fraction of sp³-hybridized carbons (Fsp3) is 0.409. The lowest BCUT2D eigenvalue weighted by molar-refractivity contribution is 0.298. The van der Waals surface area contributed by atoms with Crippen molar-refractivity contribution in [3.8, 4) is 5.75 Å². The number of nitrogens with zero attached hydrogens (tertiary/aromatic N) is 2. The van der Waals surface area contributed by atoms with Crippen molar-refractivity contribution in [2.24, 2.45) is 0 Å². The first-order chi connectivity index (χ1) is 13.2. The lowest BCUT2D eigenvalue weighted by Gasteiger charge is -2.18. The molecule has 1 N–H and O–H groups in total. The van der Waals surface area contributed by atoms with E-state index < -0.39 is 0 Å². The highest BCUT2D eigenvalue weighted by Crippen LogP contribution is 2.34. The predicted molar refractivity (Wildman–Crippen MR) is 116 cm³/mol. The molecule has 0 bridgehead atoms. The second-order valence-corrected chi connectivity index (χ2v) is 7.13. The molecule has 144 valence electrons. The minimum atomic E-state index is 0.702. The fourth-order valence-electron chi connectivity index (χ4n) is 3.43. The number of halogens is 1. The van der Waals surface area contributed by atoms with Crippen molar-refractivity contribution in [3.63, 3.8) is 0 Å². The van der Waals surface area contributed by atoms with E-state index in [4.69, 9.17) is 21.3 Å². The lowest BCUT2D eigenvalue weighted by atomic mass is 10.1. The first kappa shape index (κ1) is 19.7. The topological polar surface area (TPSA) is 37.4 Å². The predicted octanol–water partition coefficient (Wildman–Crippen LogP) is 5.58. The normalized spacial score (nSPS) is 11.4. The van der Waals surface area contributed by atoms with Crippen molar-refractivity contribution in [1.29, 1.82) is 0 Å². The second kappa shape index (κ2) is 9.25. The summed E-state index contributed by atoms with van der Waals surface area (Å²) in [5.74, 6) is 0.835. The van der Waals surface area contributed by atoms with E-state index in [1.165, 1.54) is 6.42 Å². The van der Waals surface area contributed by atoms with Gasteiger partial charge in [0, 0.05) is 22.3 Å². The molecule has 3 rings (SSSR count). The molecule has 0 aliphatic carbocycles. The summed E-state index contributed by atoms with van der Waals surface area (Å²) in [5.41, 5.74) is 2.95. The molecule has 1 heterocycles. The van der Waals surface area contributed by atoms with Crippen molar-refractivity contribution in [1.82, 2.24) is 9.88 Å². The standard InChI is InChI=1S/C22H28ClN3O/c1-4-26(5-2)13-7-6-12-24-22-18-10-8-16(23)14-21(18)25-20-11-9-17(27-3)15-19(20)22/h8-11,14-15H,4-7,12-13H2,1-3H3,(H,24,25). The number of ether oxygens (including phenoxy) is 1. The molecule has 0 atom stereocenters. The highest BCUT2D eigenvalue weighted by atomic mass is 35.5. The number of hydrogen-bond donors (Lipinski definition) is 1. The Balaban J connectivity index is 1.86. The zero-order valence-electron chi connectivity index (χ0n) is 16.4. The zero-order valence-corrected chi connectivity index (χ0v) is 17.1. The third-order valence-corrected chi connectivity index (χ3v) is 5.28. The van der Waals surface area contributed by atoms with Gasteiger partial charge in [-0.15, -0.1) is 0 Å². The molecule has 0 saturated heterocycles. The second-order valence-electron chi connectivity index (χ2n) is 6.69. The third kappa shape index (κ3) is 4.63. The van der Waals surface area contributed by atoms with E-state index >= 15 is 0 Å². The number of fused-ring (bicyclic) bond motifs is 2. The SMILES string of the molecule is CCN(CC)CCCCNc1c2ccc(Cl)cc2nc2ccc(OC)cc12. The van der Waals surface area contributed by atoms with Crippen LogP contribution in [-0.4, -0.2) is 43.2 Å². The number of hydrogen-bond acceptors (Lipinski definition) is 4. The van der Waals surface area contributed by atoms with Crippen LogP contribution in [0.3, 0.4) is 0 Å². The summed E-state index contributed by atoms with van der Waals surface area (Å²) in [6.45, 7) is 8.74. The van der Waals surface area contributed by atoms with Crippen LogP contribution in [0.2, 0.25) is 5.02 Å². The molecular formula is C22H28ClN3O. The molecule has 4 nitrogen and oxygen atoms in total. The number of methoxy groups -OCH3 is 1. The lowest BCUT2D eigenvalue weighted by Crippen LogP contribution is -2.24. The molecule has 0 aliphatic rings. The summed E-state index contributed by atoms with van der Waals surface area (Å²) in [6.07, 6.45) is 2.31. The number of unbranched alkanes of at least 4 members (excludes halogenated alkanes) is 1. The summed E-state index contributed by atoms with van der Waals surface area (Å²) >= 11 is 6.19. The van der Waals surface area contributed by atoms with Gasteiger partial charge in [-0.3, -0.25) is 0 Å². The van der Waals surface area contributed by atoms with Gasteiger partial charge in [-0.2, -0.15) is 0 Å². The van der Waals surface area contributed by atoms with Gasteiger partial charge in [-0.25, -0.2) is 4.98 Å². The average molecular weight is 386 g/mol. The first-order valence-electron chi connectivity index (χ1n) is 9.69. The molecule has 0 saturated carbocycles. The van der Waals surface area contributed by atoms with Gasteiger partial charge in [0.1, 0.15) is 5.75 Å². The van der Waals surface area contributed by atoms with Crippen molar-refractivity contribution in [3.05, 3.63) is 41.4 Å². The van der Waals surface area contributed by atoms with E-state index in [0.717, 1.165) is 65.8 Å². The maximum Gasteiger partial charge on any atom is 0.119 e. The highest BCUT2D eigenvalue weighted by Gasteiger charge is 2.11. The fourth-order valence-corrected chi connectivity index (χ4v) is 3.59. The molecule has 27 heavy (non-hydrogen) atoms. The number of anilines is 1. The van der Waals surface area contributed by atoms with Crippen molar-refractivity contribution >= 4 is 39.1 Å². The summed E-state index contributed by atoms with van der Waals surface area (Å²) < 4.78 is 5.42. The van der Waals surface area contributed by atoms with Gasteiger partial charge in [0.2, 0.25) is 0 Å². The van der Waals surface area contributed by atoms with Crippen LogP contribution >= 0.6 is 11.6 Å². The van der Waals surface area contributed by atoms with Crippen LogP contribution in [0.5, 0.6) is 5.75 Å². The van der Waals surface area contributed by atoms with Crippen molar-refractivity contribution < 1.29 is 4.74 Å². The molecule has 0 fully saturated rings. The number of aromatic nitrogens is 1. The maximum atomic E-state index is 6.19. The Bertz CT molecular complexity index is 909. The van der Waals surface area contributed by atoms with Crippen LogP contribution in [0.25, 0.3) is 21.8 Å². The molecule has 1 aromatic heterocycles. The Morgan fingerprint density at radius 1 is 1.00 bits per heavy atom. The highest BCUT2D eigenvalue weighted by molar-refractivity contribution is 6.31. The Kier molecular flexibility index (Phi) is 6.75.